The molecule has 0 radical (unpaired) electrons. The zero-order valence-corrected chi connectivity index (χ0v) is 19.1. The fraction of sp³-hybridized carbons (Fsp3) is 0.0714. The highest BCUT2D eigenvalue weighted by molar-refractivity contribution is 8.01. The summed E-state index contributed by atoms with van der Waals surface area (Å²) >= 11 is 1.23. The van der Waals surface area contributed by atoms with Crippen LogP contribution in [0.2, 0.25) is 0 Å². The number of hydrogen-bond donors (Lipinski definition) is 0. The molecule has 2 aliphatic heterocycles. The van der Waals surface area contributed by atoms with Gasteiger partial charge in [-0.25, -0.2) is 9.80 Å². The fourth-order valence-electron chi connectivity index (χ4n) is 4.76. The molecule has 1 fully saturated rings. The maximum atomic E-state index is 13.7. The largest absolute Gasteiger partial charge is 0.273 e. The number of rotatable bonds is 4. The SMILES string of the molecule is O=C1c2ccc(SC34C=CC=CC3C(=O)N(c3ccccc3)C4=O)cc2C(=O)N1c1ccccc1. The van der Waals surface area contributed by atoms with Crippen molar-refractivity contribution in [2.24, 2.45) is 5.92 Å². The van der Waals surface area contributed by atoms with Gasteiger partial charge in [-0.1, -0.05) is 60.7 Å². The van der Waals surface area contributed by atoms with Gasteiger partial charge in [0, 0.05) is 4.90 Å². The monoisotopic (exact) mass is 478 g/mol. The summed E-state index contributed by atoms with van der Waals surface area (Å²) in [6.07, 6.45) is 7.03. The van der Waals surface area contributed by atoms with Gasteiger partial charge in [-0.15, -0.1) is 11.8 Å². The molecule has 0 saturated carbocycles. The molecule has 6 nitrogen and oxygen atoms in total. The van der Waals surface area contributed by atoms with E-state index in [1.807, 2.05) is 12.1 Å². The Bertz CT molecular complexity index is 1460. The van der Waals surface area contributed by atoms with Crippen molar-refractivity contribution < 1.29 is 19.2 Å². The molecular formula is C28H18N2O4S. The molecule has 35 heavy (non-hydrogen) atoms. The maximum Gasteiger partial charge on any atom is 0.266 e. The standard InChI is InChI=1S/C28H18N2O4S/c31-24-21-15-14-20(17-22(21)25(32)29(24)18-9-3-1-4-10-18)35-28-16-8-7-13-23(28)26(33)30(27(28)34)19-11-5-2-6-12-19/h1-17,23H. The predicted octanol–water partition coefficient (Wildman–Crippen LogP) is 4.63. The first-order chi connectivity index (χ1) is 17.0. The lowest BCUT2D eigenvalue weighted by Crippen LogP contribution is -2.39. The molecule has 3 aliphatic rings. The van der Waals surface area contributed by atoms with E-state index in [1.54, 1.807) is 91.0 Å². The number of nitrogens with zero attached hydrogens (tertiary/aromatic N) is 2. The predicted molar refractivity (Wildman–Crippen MR) is 133 cm³/mol. The number of allylic oxidation sites excluding steroid dienone is 2. The average molecular weight is 479 g/mol. The van der Waals surface area contributed by atoms with E-state index in [4.69, 9.17) is 0 Å². The van der Waals surface area contributed by atoms with Crippen molar-refractivity contribution in [1.82, 2.24) is 0 Å². The quantitative estimate of drug-likeness (QED) is 0.511. The number of imide groups is 2. The number of amides is 4. The van der Waals surface area contributed by atoms with Crippen molar-refractivity contribution in [1.29, 1.82) is 0 Å². The van der Waals surface area contributed by atoms with E-state index in [-0.39, 0.29) is 23.3 Å². The Morgan fingerprint density at radius 2 is 1.31 bits per heavy atom. The van der Waals surface area contributed by atoms with Gasteiger partial charge in [0.1, 0.15) is 4.75 Å². The molecule has 0 N–H and O–H groups in total. The lowest BCUT2D eigenvalue weighted by atomic mass is 9.90. The summed E-state index contributed by atoms with van der Waals surface area (Å²) in [5, 5.41) is 0. The normalized spacial score (nSPS) is 22.7. The van der Waals surface area contributed by atoms with E-state index in [2.05, 4.69) is 0 Å². The van der Waals surface area contributed by atoms with E-state index in [9.17, 15) is 19.2 Å². The number of fused-ring (bicyclic) bond motifs is 2. The molecule has 1 saturated heterocycles. The van der Waals surface area contributed by atoms with Gasteiger partial charge in [-0.05, 0) is 42.5 Å². The third-order valence-corrected chi connectivity index (χ3v) is 7.81. The third kappa shape index (κ3) is 3.12. The number of anilines is 2. The minimum absolute atomic E-state index is 0.281. The van der Waals surface area contributed by atoms with E-state index in [0.29, 0.717) is 21.8 Å². The van der Waals surface area contributed by atoms with Crippen LogP contribution in [0.5, 0.6) is 0 Å². The Kier molecular flexibility index (Phi) is 4.82. The number of para-hydroxylation sites is 2. The van der Waals surface area contributed by atoms with Crippen LogP contribution in [0.15, 0.2) is 108 Å². The van der Waals surface area contributed by atoms with Gasteiger partial charge in [0.2, 0.25) is 5.91 Å². The van der Waals surface area contributed by atoms with Gasteiger partial charge >= 0.3 is 0 Å². The first-order valence-corrected chi connectivity index (χ1v) is 11.9. The molecule has 4 amide bonds. The molecule has 170 valence electrons. The molecule has 6 rings (SSSR count). The molecule has 7 heteroatoms. The summed E-state index contributed by atoms with van der Waals surface area (Å²) in [7, 11) is 0. The van der Waals surface area contributed by atoms with Gasteiger partial charge in [-0.3, -0.25) is 19.2 Å². The third-order valence-electron chi connectivity index (χ3n) is 6.42. The van der Waals surface area contributed by atoms with Crippen LogP contribution in [0, 0.1) is 5.92 Å². The second-order valence-corrected chi connectivity index (χ2v) is 9.77. The minimum atomic E-state index is -1.18. The van der Waals surface area contributed by atoms with Crippen LogP contribution < -0.4 is 9.80 Å². The molecule has 2 unspecified atom stereocenters. The molecule has 2 heterocycles. The van der Waals surface area contributed by atoms with Gasteiger partial charge in [-0.2, -0.15) is 0 Å². The Balaban J connectivity index is 1.37. The highest BCUT2D eigenvalue weighted by Gasteiger charge is 2.59. The maximum absolute atomic E-state index is 13.7. The first-order valence-electron chi connectivity index (χ1n) is 11.1. The van der Waals surface area contributed by atoms with Crippen LogP contribution >= 0.6 is 11.8 Å². The number of thioether (sulfide) groups is 1. The van der Waals surface area contributed by atoms with Crippen molar-refractivity contribution in [3.8, 4) is 0 Å². The molecule has 3 aromatic carbocycles. The highest BCUT2D eigenvalue weighted by atomic mass is 32.2. The second kappa shape index (κ2) is 7.92. The zero-order valence-electron chi connectivity index (χ0n) is 18.3. The second-order valence-electron chi connectivity index (χ2n) is 8.42. The summed E-state index contributed by atoms with van der Waals surface area (Å²) in [4.78, 5) is 56.2. The minimum Gasteiger partial charge on any atom is -0.273 e. The Hall–Kier alpha value is -4.23. The summed E-state index contributed by atoms with van der Waals surface area (Å²) in [5.41, 5.74) is 1.62. The lowest BCUT2D eigenvalue weighted by molar-refractivity contribution is -0.121. The summed E-state index contributed by atoms with van der Waals surface area (Å²) in [6, 6.07) is 22.6. The Labute approximate surface area is 205 Å². The van der Waals surface area contributed by atoms with Crippen molar-refractivity contribution in [3.63, 3.8) is 0 Å². The number of carbonyl (C=O) groups is 4. The van der Waals surface area contributed by atoms with Crippen molar-refractivity contribution in [2.75, 3.05) is 9.80 Å². The molecule has 0 bridgehead atoms. The van der Waals surface area contributed by atoms with Crippen molar-refractivity contribution in [3.05, 3.63) is 114 Å². The summed E-state index contributed by atoms with van der Waals surface area (Å²) in [6.45, 7) is 0. The number of carbonyl (C=O) groups excluding carboxylic acids is 4. The number of benzene rings is 3. The van der Waals surface area contributed by atoms with Gasteiger partial charge < -0.3 is 0 Å². The fourth-order valence-corrected chi connectivity index (χ4v) is 6.09. The van der Waals surface area contributed by atoms with E-state index in [1.165, 1.54) is 16.7 Å². The van der Waals surface area contributed by atoms with Crippen LogP contribution in [-0.4, -0.2) is 28.4 Å². The number of hydrogen-bond acceptors (Lipinski definition) is 5. The zero-order chi connectivity index (χ0) is 24.2. The van der Waals surface area contributed by atoms with E-state index in [0.717, 1.165) is 4.90 Å². The molecular weight excluding hydrogens is 460 g/mol. The van der Waals surface area contributed by atoms with Crippen LogP contribution in [0.25, 0.3) is 0 Å². The van der Waals surface area contributed by atoms with Crippen LogP contribution in [0.3, 0.4) is 0 Å². The summed E-state index contributed by atoms with van der Waals surface area (Å²) < 4.78 is -1.18. The van der Waals surface area contributed by atoms with Crippen molar-refractivity contribution >= 4 is 46.8 Å². The molecule has 3 aromatic rings. The molecule has 0 aromatic heterocycles. The van der Waals surface area contributed by atoms with E-state index >= 15 is 0 Å². The first kappa shape index (κ1) is 21.3. The smallest absolute Gasteiger partial charge is 0.266 e. The average Bonchev–Trinajstić information content (AvgIpc) is 3.26. The van der Waals surface area contributed by atoms with E-state index < -0.39 is 16.6 Å². The molecule has 2 atom stereocenters. The van der Waals surface area contributed by atoms with Gasteiger partial charge in [0.25, 0.3) is 17.7 Å². The Morgan fingerprint density at radius 3 is 2.00 bits per heavy atom. The molecule has 1 aliphatic carbocycles. The lowest BCUT2D eigenvalue weighted by Gasteiger charge is -2.28. The van der Waals surface area contributed by atoms with Crippen LogP contribution in [-0.2, 0) is 9.59 Å². The van der Waals surface area contributed by atoms with Crippen molar-refractivity contribution in [2.45, 2.75) is 9.64 Å². The van der Waals surface area contributed by atoms with Crippen LogP contribution in [0.1, 0.15) is 20.7 Å². The van der Waals surface area contributed by atoms with Gasteiger partial charge in [0.05, 0.1) is 28.4 Å². The van der Waals surface area contributed by atoms with Gasteiger partial charge in [0.15, 0.2) is 0 Å². The highest BCUT2D eigenvalue weighted by Crippen LogP contribution is 2.50. The summed E-state index contributed by atoms with van der Waals surface area (Å²) in [5.74, 6) is -2.11. The molecule has 0 spiro atoms. The van der Waals surface area contributed by atoms with Crippen LogP contribution in [0.4, 0.5) is 11.4 Å². The Morgan fingerprint density at radius 1 is 0.686 bits per heavy atom. The topological polar surface area (TPSA) is 74.8 Å².